The van der Waals surface area contributed by atoms with E-state index in [1.54, 1.807) is 0 Å². The van der Waals surface area contributed by atoms with Gasteiger partial charge in [0, 0.05) is 19.0 Å². The fraction of sp³-hybridized carbons (Fsp3) is 0.882. The summed E-state index contributed by atoms with van der Waals surface area (Å²) in [6, 6.07) is 0.322. The summed E-state index contributed by atoms with van der Waals surface area (Å²) >= 11 is 0. The highest BCUT2D eigenvalue weighted by molar-refractivity contribution is 6.36. The zero-order valence-corrected chi connectivity index (χ0v) is 12.7. The Morgan fingerprint density at radius 1 is 0.700 bits per heavy atom. The number of hydrogen-bond acceptors (Lipinski definition) is 2. The largest absolute Gasteiger partial charge is 0.333 e. The van der Waals surface area contributed by atoms with E-state index in [2.05, 4.69) is 0 Å². The van der Waals surface area contributed by atoms with Crippen molar-refractivity contribution in [1.29, 1.82) is 0 Å². The van der Waals surface area contributed by atoms with E-state index in [4.69, 9.17) is 0 Å². The number of carbonyl (C=O) groups is 2. The van der Waals surface area contributed by atoms with E-state index in [0.29, 0.717) is 12.5 Å². The summed E-state index contributed by atoms with van der Waals surface area (Å²) in [5, 5.41) is 0. The molecule has 0 aromatic heterocycles. The van der Waals surface area contributed by atoms with Gasteiger partial charge < -0.3 is 4.90 Å². The number of rotatable bonds is 1. The molecule has 1 saturated carbocycles. The molecule has 2 fully saturated rings. The van der Waals surface area contributed by atoms with Gasteiger partial charge >= 0.3 is 0 Å². The van der Waals surface area contributed by atoms with Gasteiger partial charge in [-0.2, -0.15) is 0 Å². The van der Waals surface area contributed by atoms with Crippen LogP contribution < -0.4 is 0 Å². The van der Waals surface area contributed by atoms with E-state index < -0.39 is 0 Å². The predicted octanol–water partition coefficient (Wildman–Crippen LogP) is 3.85. The second kappa shape index (κ2) is 8.43. The summed E-state index contributed by atoms with van der Waals surface area (Å²) in [6.45, 7) is 0.801. The van der Waals surface area contributed by atoms with Gasteiger partial charge in [-0.1, -0.05) is 51.4 Å². The van der Waals surface area contributed by atoms with Crippen LogP contribution in [0.4, 0.5) is 0 Å². The molecule has 3 nitrogen and oxygen atoms in total. The molecule has 0 unspecified atom stereocenters. The number of ketones is 1. The third kappa shape index (κ3) is 4.60. The lowest BCUT2D eigenvalue weighted by Crippen LogP contribution is -2.44. The van der Waals surface area contributed by atoms with E-state index in [1.807, 2.05) is 4.90 Å². The number of Topliss-reactive ketones (excluding diaryl/α,β-unsaturated/α-hetero) is 1. The van der Waals surface area contributed by atoms with Gasteiger partial charge in [0.05, 0.1) is 0 Å². The normalized spacial score (nSPS) is 25.1. The minimum Gasteiger partial charge on any atom is -0.333 e. The van der Waals surface area contributed by atoms with Gasteiger partial charge in [0.15, 0.2) is 0 Å². The smallest absolute Gasteiger partial charge is 0.290 e. The molecule has 1 saturated heterocycles. The average Bonchev–Trinajstić information content (AvgIpc) is 2.63. The topological polar surface area (TPSA) is 37.4 Å². The summed E-state index contributed by atoms with van der Waals surface area (Å²) in [7, 11) is 0. The molecular formula is C17H29NO2. The highest BCUT2D eigenvalue weighted by atomic mass is 16.2. The number of hydrogen-bond donors (Lipinski definition) is 0. The molecule has 2 rings (SSSR count). The fourth-order valence-corrected chi connectivity index (χ4v) is 3.56. The van der Waals surface area contributed by atoms with Crippen LogP contribution in [0, 0.1) is 0 Å². The molecule has 3 heteroatoms. The molecule has 0 aromatic carbocycles. The Kier molecular flexibility index (Phi) is 6.55. The van der Waals surface area contributed by atoms with Gasteiger partial charge in [0.25, 0.3) is 5.91 Å². The lowest BCUT2D eigenvalue weighted by molar-refractivity contribution is -0.146. The van der Waals surface area contributed by atoms with Crippen LogP contribution in [-0.2, 0) is 9.59 Å². The summed E-state index contributed by atoms with van der Waals surface area (Å²) in [4.78, 5) is 26.4. The maximum Gasteiger partial charge on any atom is 0.290 e. The quantitative estimate of drug-likeness (QED) is 0.684. The van der Waals surface area contributed by atoms with Gasteiger partial charge in [-0.25, -0.2) is 0 Å². The van der Waals surface area contributed by atoms with Crippen molar-refractivity contribution in [1.82, 2.24) is 4.90 Å². The van der Waals surface area contributed by atoms with Crippen molar-refractivity contribution in [2.75, 3.05) is 6.54 Å². The van der Waals surface area contributed by atoms with Crippen molar-refractivity contribution in [3.63, 3.8) is 0 Å². The standard InChI is InChI=1S/C17H29NO2/c19-16-13-9-5-6-10-14-18(17(16)20)15-11-7-3-1-2-4-8-12-15/h15H,1-14H2. The summed E-state index contributed by atoms with van der Waals surface area (Å²) in [6.07, 6.45) is 14.5. The number of nitrogens with zero attached hydrogens (tertiary/aromatic N) is 1. The monoisotopic (exact) mass is 279 g/mol. The van der Waals surface area contributed by atoms with Crippen LogP contribution in [0.25, 0.3) is 0 Å². The highest BCUT2D eigenvalue weighted by Gasteiger charge is 2.28. The zero-order chi connectivity index (χ0) is 14.2. The third-order valence-corrected chi connectivity index (χ3v) is 4.82. The molecule has 0 radical (unpaired) electrons. The summed E-state index contributed by atoms with van der Waals surface area (Å²) in [5.41, 5.74) is 0. The van der Waals surface area contributed by atoms with Crippen LogP contribution >= 0.6 is 0 Å². The van der Waals surface area contributed by atoms with E-state index in [0.717, 1.165) is 45.1 Å². The molecule has 2 aliphatic rings. The maximum atomic E-state index is 12.4. The minimum absolute atomic E-state index is 0.147. The Bertz CT molecular complexity index is 317. The Labute approximate surface area is 123 Å². The van der Waals surface area contributed by atoms with Crippen molar-refractivity contribution < 1.29 is 9.59 Å². The lowest BCUT2D eigenvalue weighted by atomic mass is 10.0. The second-order valence-corrected chi connectivity index (χ2v) is 6.44. The molecule has 20 heavy (non-hydrogen) atoms. The first kappa shape index (κ1) is 15.5. The molecule has 1 aliphatic heterocycles. The molecule has 0 atom stereocenters. The zero-order valence-electron chi connectivity index (χ0n) is 12.7. The van der Waals surface area contributed by atoms with Gasteiger partial charge in [0.1, 0.15) is 0 Å². The number of carbonyl (C=O) groups excluding carboxylic acids is 2. The van der Waals surface area contributed by atoms with E-state index >= 15 is 0 Å². The number of amides is 1. The van der Waals surface area contributed by atoms with Gasteiger partial charge in [0.2, 0.25) is 5.78 Å². The van der Waals surface area contributed by atoms with Crippen LogP contribution in [0.2, 0.25) is 0 Å². The Morgan fingerprint density at radius 3 is 1.95 bits per heavy atom. The molecule has 1 aliphatic carbocycles. The average molecular weight is 279 g/mol. The van der Waals surface area contributed by atoms with Crippen LogP contribution in [0.1, 0.15) is 83.5 Å². The first-order chi connectivity index (χ1) is 9.79. The first-order valence-electron chi connectivity index (χ1n) is 8.63. The second-order valence-electron chi connectivity index (χ2n) is 6.44. The molecule has 0 bridgehead atoms. The van der Waals surface area contributed by atoms with E-state index in [1.165, 1.54) is 38.5 Å². The molecule has 114 valence electrons. The van der Waals surface area contributed by atoms with Crippen molar-refractivity contribution in [2.45, 2.75) is 89.5 Å². The predicted molar refractivity (Wildman–Crippen MR) is 80.5 cm³/mol. The highest BCUT2D eigenvalue weighted by Crippen LogP contribution is 2.23. The van der Waals surface area contributed by atoms with Crippen LogP contribution in [0.5, 0.6) is 0 Å². The van der Waals surface area contributed by atoms with E-state index in [-0.39, 0.29) is 11.7 Å². The van der Waals surface area contributed by atoms with Gasteiger partial charge in [-0.3, -0.25) is 9.59 Å². The molecule has 0 N–H and O–H groups in total. The SMILES string of the molecule is O=C1CCCCCCN(C2CCCCCCCC2)C1=O. The van der Waals surface area contributed by atoms with Gasteiger partial charge in [-0.05, 0) is 25.7 Å². The van der Waals surface area contributed by atoms with Crippen molar-refractivity contribution >= 4 is 11.7 Å². The van der Waals surface area contributed by atoms with Crippen LogP contribution in [-0.4, -0.2) is 29.2 Å². The van der Waals surface area contributed by atoms with Gasteiger partial charge in [-0.15, -0.1) is 0 Å². The van der Waals surface area contributed by atoms with Crippen molar-refractivity contribution in [3.8, 4) is 0 Å². The Hall–Kier alpha value is -0.860. The lowest BCUT2D eigenvalue weighted by Gasteiger charge is -2.31. The first-order valence-corrected chi connectivity index (χ1v) is 8.63. The molecule has 1 heterocycles. The van der Waals surface area contributed by atoms with Crippen LogP contribution in [0.15, 0.2) is 0 Å². The summed E-state index contributed by atoms with van der Waals surface area (Å²) < 4.78 is 0. The Balaban J connectivity index is 2.03. The van der Waals surface area contributed by atoms with Crippen LogP contribution in [0.3, 0.4) is 0 Å². The molecular weight excluding hydrogens is 250 g/mol. The molecule has 0 aromatic rings. The molecule has 0 spiro atoms. The van der Waals surface area contributed by atoms with Crippen molar-refractivity contribution in [3.05, 3.63) is 0 Å². The minimum atomic E-state index is -0.184. The fourth-order valence-electron chi connectivity index (χ4n) is 3.56. The molecule has 1 amide bonds. The van der Waals surface area contributed by atoms with E-state index in [9.17, 15) is 9.59 Å². The Morgan fingerprint density at radius 2 is 1.25 bits per heavy atom. The maximum absolute atomic E-state index is 12.4. The third-order valence-electron chi connectivity index (χ3n) is 4.82. The van der Waals surface area contributed by atoms with Crippen molar-refractivity contribution in [2.24, 2.45) is 0 Å². The summed E-state index contributed by atoms with van der Waals surface area (Å²) in [5.74, 6) is -0.331.